The summed E-state index contributed by atoms with van der Waals surface area (Å²) in [5.41, 5.74) is 2.80. The van der Waals surface area contributed by atoms with Gasteiger partial charge in [-0.1, -0.05) is 59.6 Å². The van der Waals surface area contributed by atoms with E-state index in [1.165, 1.54) is 17.0 Å². The van der Waals surface area contributed by atoms with Gasteiger partial charge in [-0.25, -0.2) is 8.42 Å². The van der Waals surface area contributed by atoms with Crippen molar-refractivity contribution in [3.8, 4) is 0 Å². The van der Waals surface area contributed by atoms with Gasteiger partial charge in [0.15, 0.2) is 0 Å². The maximum Gasteiger partial charge on any atom is 0.264 e. The predicted octanol–water partition coefficient (Wildman–Crippen LogP) is 5.09. The van der Waals surface area contributed by atoms with Crippen molar-refractivity contribution in [1.29, 1.82) is 0 Å². The number of hydrogen-bond acceptors (Lipinski definition) is 4. The minimum atomic E-state index is -4.10. The Labute approximate surface area is 230 Å². The number of hydrogen-bond donors (Lipinski definition) is 1. The van der Waals surface area contributed by atoms with Gasteiger partial charge in [0.1, 0.15) is 12.6 Å². The average molecular weight is 556 g/mol. The van der Waals surface area contributed by atoms with Crippen molar-refractivity contribution in [2.45, 2.75) is 58.1 Å². The van der Waals surface area contributed by atoms with Crippen LogP contribution in [0.1, 0.15) is 37.5 Å². The Morgan fingerprint density at radius 2 is 1.61 bits per heavy atom. The monoisotopic (exact) mass is 555 g/mol. The molecule has 0 aliphatic heterocycles. The van der Waals surface area contributed by atoms with Crippen LogP contribution in [0, 0.1) is 13.8 Å². The van der Waals surface area contributed by atoms with E-state index < -0.39 is 28.5 Å². The standard InChI is InChI=1S/C29H34ClN3O4S/c1-20(2)31-29(35)23(5)32(18-24-10-9-11-25(30)17-24)28(34)19-33(27-15-14-21(3)16-22(27)4)38(36,37)26-12-7-6-8-13-26/h6-17,20,23H,18-19H2,1-5H3,(H,31,35). The fourth-order valence-corrected chi connectivity index (χ4v) is 5.85. The van der Waals surface area contributed by atoms with E-state index in [1.807, 2.05) is 45.9 Å². The van der Waals surface area contributed by atoms with Crippen molar-refractivity contribution in [3.63, 3.8) is 0 Å². The third kappa shape index (κ3) is 7.14. The van der Waals surface area contributed by atoms with Crippen molar-refractivity contribution in [3.05, 3.63) is 94.5 Å². The van der Waals surface area contributed by atoms with Crippen LogP contribution < -0.4 is 9.62 Å². The zero-order valence-corrected chi connectivity index (χ0v) is 23.9. The molecule has 2 amide bonds. The minimum absolute atomic E-state index is 0.0692. The zero-order chi connectivity index (χ0) is 28.0. The highest BCUT2D eigenvalue weighted by Gasteiger charge is 2.33. The summed E-state index contributed by atoms with van der Waals surface area (Å²) in [5, 5.41) is 3.34. The molecule has 3 aromatic carbocycles. The Balaban J connectivity index is 2.06. The SMILES string of the molecule is Cc1ccc(N(CC(=O)N(Cc2cccc(Cl)c2)C(C)C(=O)NC(C)C)S(=O)(=O)c2ccccc2)c(C)c1. The van der Waals surface area contributed by atoms with E-state index in [2.05, 4.69) is 5.32 Å². The molecule has 0 aliphatic rings. The Morgan fingerprint density at radius 1 is 0.921 bits per heavy atom. The molecule has 202 valence electrons. The molecule has 0 saturated carbocycles. The topological polar surface area (TPSA) is 86.8 Å². The first-order valence-corrected chi connectivity index (χ1v) is 14.2. The van der Waals surface area contributed by atoms with Gasteiger partial charge >= 0.3 is 0 Å². The van der Waals surface area contributed by atoms with Gasteiger partial charge in [0.25, 0.3) is 10.0 Å². The third-order valence-corrected chi connectivity index (χ3v) is 8.08. The van der Waals surface area contributed by atoms with Crippen molar-refractivity contribution < 1.29 is 18.0 Å². The zero-order valence-electron chi connectivity index (χ0n) is 22.3. The van der Waals surface area contributed by atoms with Crippen LogP contribution in [0.4, 0.5) is 5.69 Å². The summed E-state index contributed by atoms with van der Waals surface area (Å²) in [7, 11) is -4.10. The maximum absolute atomic E-state index is 13.9. The van der Waals surface area contributed by atoms with E-state index >= 15 is 0 Å². The molecule has 0 aromatic heterocycles. The fraction of sp³-hybridized carbons (Fsp3) is 0.310. The van der Waals surface area contributed by atoms with Gasteiger partial charge in [-0.05, 0) is 76.1 Å². The highest BCUT2D eigenvalue weighted by Crippen LogP contribution is 2.28. The Morgan fingerprint density at radius 3 is 2.21 bits per heavy atom. The molecular formula is C29H34ClN3O4S. The van der Waals surface area contributed by atoms with E-state index in [-0.39, 0.29) is 23.4 Å². The van der Waals surface area contributed by atoms with Crippen molar-refractivity contribution in [2.24, 2.45) is 0 Å². The van der Waals surface area contributed by atoms with E-state index in [1.54, 1.807) is 49.4 Å². The summed E-state index contributed by atoms with van der Waals surface area (Å²) in [4.78, 5) is 28.3. The predicted molar refractivity (Wildman–Crippen MR) is 152 cm³/mol. The molecule has 0 radical (unpaired) electrons. The van der Waals surface area contributed by atoms with Crippen LogP contribution in [0.25, 0.3) is 0 Å². The molecule has 3 aromatic rings. The second kappa shape index (κ2) is 12.5. The summed E-state index contributed by atoms with van der Waals surface area (Å²) in [5.74, 6) is -0.852. The van der Waals surface area contributed by atoms with Crippen molar-refractivity contribution in [1.82, 2.24) is 10.2 Å². The van der Waals surface area contributed by atoms with Gasteiger partial charge in [-0.2, -0.15) is 0 Å². The van der Waals surface area contributed by atoms with Crippen LogP contribution in [0.2, 0.25) is 5.02 Å². The lowest BCUT2D eigenvalue weighted by Crippen LogP contribution is -2.52. The number of nitrogens with zero attached hydrogens (tertiary/aromatic N) is 2. The molecule has 1 N–H and O–H groups in total. The van der Waals surface area contributed by atoms with E-state index in [0.29, 0.717) is 16.3 Å². The summed E-state index contributed by atoms with van der Waals surface area (Å²) in [6.07, 6.45) is 0. The van der Waals surface area contributed by atoms with Gasteiger partial charge in [0.05, 0.1) is 10.6 Å². The number of carbonyl (C=O) groups is 2. The molecular weight excluding hydrogens is 522 g/mol. The normalized spacial score (nSPS) is 12.2. The molecule has 1 unspecified atom stereocenters. The maximum atomic E-state index is 13.9. The number of sulfonamides is 1. The Hall–Kier alpha value is -3.36. The van der Waals surface area contributed by atoms with Crippen LogP contribution >= 0.6 is 11.6 Å². The fourth-order valence-electron chi connectivity index (χ4n) is 4.14. The molecule has 0 aliphatic carbocycles. The molecule has 0 saturated heterocycles. The molecule has 0 bridgehead atoms. The summed E-state index contributed by atoms with van der Waals surface area (Å²) in [6.45, 7) is 8.62. The number of nitrogens with one attached hydrogen (secondary N) is 1. The molecule has 0 heterocycles. The second-order valence-electron chi connectivity index (χ2n) is 9.61. The number of halogens is 1. The van der Waals surface area contributed by atoms with Gasteiger partial charge in [-0.3, -0.25) is 13.9 Å². The van der Waals surface area contributed by atoms with Gasteiger partial charge < -0.3 is 10.2 Å². The van der Waals surface area contributed by atoms with Gasteiger partial charge in [0, 0.05) is 17.6 Å². The lowest BCUT2D eigenvalue weighted by Gasteiger charge is -2.32. The Kier molecular flexibility index (Phi) is 9.57. The first kappa shape index (κ1) is 29.2. The molecule has 1 atom stereocenters. The molecule has 7 nitrogen and oxygen atoms in total. The number of rotatable bonds is 10. The summed E-state index contributed by atoms with van der Waals surface area (Å²) in [6, 6.07) is 19.4. The van der Waals surface area contributed by atoms with Gasteiger partial charge in [0.2, 0.25) is 11.8 Å². The third-order valence-electron chi connectivity index (χ3n) is 6.07. The lowest BCUT2D eigenvalue weighted by atomic mass is 10.1. The largest absolute Gasteiger partial charge is 0.352 e. The number of anilines is 1. The molecule has 9 heteroatoms. The van der Waals surface area contributed by atoms with E-state index in [4.69, 9.17) is 11.6 Å². The summed E-state index contributed by atoms with van der Waals surface area (Å²) < 4.78 is 28.8. The lowest BCUT2D eigenvalue weighted by molar-refractivity contribution is -0.139. The second-order valence-corrected chi connectivity index (χ2v) is 11.9. The van der Waals surface area contributed by atoms with Crippen molar-refractivity contribution in [2.75, 3.05) is 10.8 Å². The minimum Gasteiger partial charge on any atom is -0.352 e. The number of amides is 2. The van der Waals surface area contributed by atoms with Crippen LogP contribution in [0.5, 0.6) is 0 Å². The average Bonchev–Trinajstić information content (AvgIpc) is 2.86. The van der Waals surface area contributed by atoms with Crippen LogP contribution in [-0.4, -0.2) is 43.8 Å². The van der Waals surface area contributed by atoms with E-state index in [0.717, 1.165) is 15.4 Å². The van der Waals surface area contributed by atoms with Gasteiger partial charge in [-0.15, -0.1) is 0 Å². The van der Waals surface area contributed by atoms with Crippen molar-refractivity contribution >= 4 is 39.1 Å². The molecule has 0 spiro atoms. The molecule has 0 fully saturated rings. The molecule has 38 heavy (non-hydrogen) atoms. The van der Waals surface area contributed by atoms with E-state index in [9.17, 15) is 18.0 Å². The highest BCUT2D eigenvalue weighted by molar-refractivity contribution is 7.92. The quantitative estimate of drug-likeness (QED) is 0.377. The summed E-state index contributed by atoms with van der Waals surface area (Å²) >= 11 is 6.17. The van der Waals surface area contributed by atoms with Crippen LogP contribution in [0.3, 0.4) is 0 Å². The number of benzene rings is 3. The number of aryl methyl sites for hydroxylation is 2. The van der Waals surface area contributed by atoms with Crippen LogP contribution in [0.15, 0.2) is 77.7 Å². The number of carbonyl (C=O) groups excluding carboxylic acids is 2. The highest BCUT2D eigenvalue weighted by atomic mass is 35.5. The first-order valence-electron chi connectivity index (χ1n) is 12.4. The van der Waals surface area contributed by atoms with Crippen LogP contribution in [-0.2, 0) is 26.2 Å². The molecule has 3 rings (SSSR count). The first-order chi connectivity index (χ1) is 17.9. The smallest absolute Gasteiger partial charge is 0.264 e. The Bertz CT molecular complexity index is 1390.